The lowest BCUT2D eigenvalue weighted by Crippen LogP contribution is -2.38. The van der Waals surface area contributed by atoms with Gasteiger partial charge < -0.3 is 20.5 Å². The summed E-state index contributed by atoms with van der Waals surface area (Å²) in [5, 5.41) is 15.3. The quantitative estimate of drug-likeness (QED) is 0.211. The molecule has 0 unspecified atom stereocenters. The zero-order valence-electron chi connectivity index (χ0n) is 15.9. The molecule has 0 fully saturated rings. The largest absolute Gasteiger partial charge is 0.359 e. The zero-order valence-corrected chi connectivity index (χ0v) is 19.1. The maximum atomic E-state index is 11.8. The Labute approximate surface area is 181 Å². The molecule has 9 heteroatoms. The SMILES string of the molecule is CCNC(=NCc1cc(C(C)C)no1)NCCCNC(=O)c1cccs1.I. The molecule has 0 aromatic carbocycles. The molecule has 0 saturated heterocycles. The van der Waals surface area contributed by atoms with Gasteiger partial charge in [-0.15, -0.1) is 35.3 Å². The topological polar surface area (TPSA) is 91.6 Å². The van der Waals surface area contributed by atoms with Crippen LogP contribution in [0, 0.1) is 0 Å². The summed E-state index contributed by atoms with van der Waals surface area (Å²) >= 11 is 1.44. The molecule has 0 spiro atoms. The first-order chi connectivity index (χ1) is 12.6. The highest BCUT2D eigenvalue weighted by atomic mass is 127. The van der Waals surface area contributed by atoms with Crippen LogP contribution in [-0.2, 0) is 6.54 Å². The first-order valence-corrected chi connectivity index (χ1v) is 9.77. The van der Waals surface area contributed by atoms with E-state index in [0.717, 1.165) is 35.3 Å². The molecule has 0 bridgehead atoms. The Kier molecular flexibility index (Phi) is 11.0. The number of aromatic nitrogens is 1. The van der Waals surface area contributed by atoms with Gasteiger partial charge in [0.2, 0.25) is 0 Å². The van der Waals surface area contributed by atoms with Crippen molar-refractivity contribution in [3.05, 3.63) is 39.9 Å². The number of carbonyl (C=O) groups excluding carboxylic acids is 1. The van der Waals surface area contributed by atoms with Gasteiger partial charge in [-0.2, -0.15) is 0 Å². The van der Waals surface area contributed by atoms with Gasteiger partial charge in [-0.05, 0) is 30.7 Å². The van der Waals surface area contributed by atoms with Gasteiger partial charge in [0.15, 0.2) is 11.7 Å². The molecule has 2 heterocycles. The second-order valence-electron chi connectivity index (χ2n) is 6.08. The van der Waals surface area contributed by atoms with Gasteiger partial charge in [-0.1, -0.05) is 25.1 Å². The minimum atomic E-state index is -0.0214. The Morgan fingerprint density at radius 2 is 2.07 bits per heavy atom. The molecule has 0 saturated carbocycles. The zero-order chi connectivity index (χ0) is 18.8. The molecule has 0 aliphatic carbocycles. The van der Waals surface area contributed by atoms with Crippen molar-refractivity contribution in [2.24, 2.45) is 4.99 Å². The van der Waals surface area contributed by atoms with Crippen molar-refractivity contribution in [1.82, 2.24) is 21.1 Å². The monoisotopic (exact) mass is 505 g/mol. The van der Waals surface area contributed by atoms with Crippen molar-refractivity contribution in [3.8, 4) is 0 Å². The van der Waals surface area contributed by atoms with Crippen LogP contribution in [0.15, 0.2) is 33.1 Å². The Morgan fingerprint density at radius 1 is 1.30 bits per heavy atom. The molecular weight excluding hydrogens is 477 g/mol. The summed E-state index contributed by atoms with van der Waals surface area (Å²) in [5.74, 6) is 1.78. The highest BCUT2D eigenvalue weighted by molar-refractivity contribution is 14.0. The average molecular weight is 505 g/mol. The number of halogens is 1. The maximum absolute atomic E-state index is 11.8. The van der Waals surface area contributed by atoms with Crippen LogP contribution in [0.3, 0.4) is 0 Å². The first kappa shape index (κ1) is 23.4. The lowest BCUT2D eigenvalue weighted by Gasteiger charge is -2.11. The number of nitrogens with one attached hydrogen (secondary N) is 3. The summed E-state index contributed by atoms with van der Waals surface area (Å²) in [6.45, 7) is 8.71. The van der Waals surface area contributed by atoms with Crippen LogP contribution in [0.5, 0.6) is 0 Å². The predicted octanol–water partition coefficient (Wildman–Crippen LogP) is 3.35. The second kappa shape index (κ2) is 12.7. The van der Waals surface area contributed by atoms with E-state index in [0.29, 0.717) is 25.6 Å². The van der Waals surface area contributed by atoms with Gasteiger partial charge in [0.1, 0.15) is 6.54 Å². The summed E-state index contributed by atoms with van der Waals surface area (Å²) in [5.41, 5.74) is 0.939. The highest BCUT2D eigenvalue weighted by Gasteiger charge is 2.08. The number of guanidine groups is 1. The molecule has 2 aromatic heterocycles. The average Bonchev–Trinajstić information content (AvgIpc) is 3.30. The summed E-state index contributed by atoms with van der Waals surface area (Å²) in [6.07, 6.45) is 0.807. The van der Waals surface area contributed by atoms with Crippen LogP contribution in [0.2, 0.25) is 0 Å². The third kappa shape index (κ3) is 8.29. The molecule has 150 valence electrons. The fourth-order valence-electron chi connectivity index (χ4n) is 2.17. The predicted molar refractivity (Wildman–Crippen MR) is 120 cm³/mol. The van der Waals surface area contributed by atoms with Gasteiger partial charge >= 0.3 is 0 Å². The van der Waals surface area contributed by atoms with Crippen LogP contribution >= 0.6 is 35.3 Å². The Morgan fingerprint density at radius 3 is 2.70 bits per heavy atom. The van der Waals surface area contributed by atoms with E-state index in [1.165, 1.54) is 11.3 Å². The molecule has 27 heavy (non-hydrogen) atoms. The van der Waals surface area contributed by atoms with Crippen LogP contribution in [0.25, 0.3) is 0 Å². The van der Waals surface area contributed by atoms with Crippen molar-refractivity contribution in [3.63, 3.8) is 0 Å². The Balaban J connectivity index is 0.00000364. The summed E-state index contributed by atoms with van der Waals surface area (Å²) in [7, 11) is 0. The summed E-state index contributed by atoms with van der Waals surface area (Å²) in [4.78, 5) is 17.1. The molecule has 3 N–H and O–H groups in total. The van der Waals surface area contributed by atoms with Crippen LogP contribution in [0.4, 0.5) is 0 Å². The standard InChI is InChI=1S/C18H27N5O2S.HI/c1-4-19-18(22-12-14-11-15(13(2)3)23-25-14)21-9-6-8-20-17(24)16-7-5-10-26-16;/h5,7,10-11,13H,4,6,8-9,12H2,1-3H3,(H,20,24)(H2,19,21,22);1H. The van der Waals surface area contributed by atoms with E-state index in [4.69, 9.17) is 4.52 Å². The molecule has 1 amide bonds. The van der Waals surface area contributed by atoms with Gasteiger partial charge in [0, 0.05) is 25.7 Å². The third-order valence-corrected chi connectivity index (χ3v) is 4.45. The van der Waals surface area contributed by atoms with Crippen LogP contribution < -0.4 is 16.0 Å². The second-order valence-corrected chi connectivity index (χ2v) is 7.03. The van der Waals surface area contributed by atoms with Crippen molar-refractivity contribution < 1.29 is 9.32 Å². The Bertz CT molecular complexity index is 700. The van der Waals surface area contributed by atoms with E-state index in [-0.39, 0.29) is 29.9 Å². The number of hydrogen-bond acceptors (Lipinski definition) is 5. The molecule has 2 aromatic rings. The van der Waals surface area contributed by atoms with Crippen molar-refractivity contribution in [2.75, 3.05) is 19.6 Å². The van der Waals surface area contributed by atoms with Gasteiger partial charge in [-0.3, -0.25) is 4.79 Å². The highest BCUT2D eigenvalue weighted by Crippen LogP contribution is 2.14. The number of hydrogen-bond donors (Lipinski definition) is 3. The van der Waals surface area contributed by atoms with Crippen LogP contribution in [0.1, 0.15) is 54.2 Å². The number of rotatable bonds is 9. The molecule has 7 nitrogen and oxygen atoms in total. The number of aliphatic imine (C=N–C) groups is 1. The van der Waals surface area contributed by atoms with E-state index in [9.17, 15) is 4.79 Å². The molecule has 0 aliphatic heterocycles. The number of carbonyl (C=O) groups is 1. The van der Waals surface area contributed by atoms with Gasteiger partial charge in [-0.25, -0.2) is 4.99 Å². The fraction of sp³-hybridized carbons (Fsp3) is 0.500. The minimum absolute atomic E-state index is 0. The molecule has 2 rings (SSSR count). The summed E-state index contributed by atoms with van der Waals surface area (Å²) < 4.78 is 5.30. The minimum Gasteiger partial charge on any atom is -0.359 e. The van der Waals surface area contributed by atoms with E-state index >= 15 is 0 Å². The van der Waals surface area contributed by atoms with Crippen LogP contribution in [-0.4, -0.2) is 36.7 Å². The van der Waals surface area contributed by atoms with Crippen molar-refractivity contribution >= 4 is 47.2 Å². The lowest BCUT2D eigenvalue weighted by molar-refractivity contribution is 0.0957. The molecule has 0 atom stereocenters. The van der Waals surface area contributed by atoms with Crippen molar-refractivity contribution in [2.45, 2.75) is 39.7 Å². The summed E-state index contributed by atoms with van der Waals surface area (Å²) in [6, 6.07) is 5.64. The molecular formula is C18H28IN5O2S. The van der Waals surface area contributed by atoms with Gasteiger partial charge in [0.05, 0.1) is 10.6 Å². The number of thiophene rings is 1. The fourth-order valence-corrected chi connectivity index (χ4v) is 2.81. The molecule has 0 radical (unpaired) electrons. The van der Waals surface area contributed by atoms with Crippen molar-refractivity contribution in [1.29, 1.82) is 0 Å². The third-order valence-electron chi connectivity index (χ3n) is 3.58. The lowest BCUT2D eigenvalue weighted by atomic mass is 10.1. The first-order valence-electron chi connectivity index (χ1n) is 8.89. The van der Waals surface area contributed by atoms with E-state index in [2.05, 4.69) is 39.9 Å². The maximum Gasteiger partial charge on any atom is 0.261 e. The number of nitrogens with zero attached hydrogens (tertiary/aromatic N) is 2. The van der Waals surface area contributed by atoms with Gasteiger partial charge in [0.25, 0.3) is 5.91 Å². The van der Waals surface area contributed by atoms with E-state index in [1.54, 1.807) is 0 Å². The molecule has 0 aliphatic rings. The smallest absolute Gasteiger partial charge is 0.261 e. The van der Waals surface area contributed by atoms with E-state index in [1.807, 2.05) is 30.5 Å². The number of amides is 1. The van der Waals surface area contributed by atoms with E-state index < -0.39 is 0 Å². The normalized spacial score (nSPS) is 11.2. The Hall–Kier alpha value is -1.62.